The van der Waals surface area contributed by atoms with Crippen molar-refractivity contribution < 1.29 is 19.4 Å². The lowest BCUT2D eigenvalue weighted by Gasteiger charge is -2.50. The van der Waals surface area contributed by atoms with E-state index >= 15 is 0 Å². The predicted molar refractivity (Wildman–Crippen MR) is 51.4 cm³/mol. The van der Waals surface area contributed by atoms with Crippen molar-refractivity contribution in [1.29, 1.82) is 0 Å². The summed E-state index contributed by atoms with van der Waals surface area (Å²) in [6.45, 7) is 3.36. The monoisotopic (exact) mass is 217 g/mol. The van der Waals surface area contributed by atoms with Crippen LogP contribution in [0.2, 0.25) is 0 Å². The minimum absolute atomic E-state index is 0.191. The van der Waals surface area contributed by atoms with Crippen LogP contribution in [-0.2, 0) is 0 Å². The first-order chi connectivity index (χ1) is 6.81. The zero-order valence-corrected chi connectivity index (χ0v) is 8.90. The summed E-state index contributed by atoms with van der Waals surface area (Å²) >= 11 is 0. The number of fused-ring (bicyclic) bond motifs is 2. The van der Waals surface area contributed by atoms with Crippen LogP contribution in [0.25, 0.3) is 0 Å². The summed E-state index contributed by atoms with van der Waals surface area (Å²) in [4.78, 5) is 12.4. The fourth-order valence-corrected chi connectivity index (χ4v) is 3.24. The molecule has 4 atom stereocenters. The van der Waals surface area contributed by atoms with Crippen molar-refractivity contribution in [3.8, 4) is 0 Å². The lowest BCUT2D eigenvalue weighted by Crippen LogP contribution is -2.65. The number of hydrogen-bond donors (Lipinski definition) is 2. The SMILES string of the molecule is C[C@@]12CC[C@@](C)([C@H](F)[C@H](O)C1)N2C(=O)O. The normalized spacial score (nSPS) is 49.5. The Balaban J connectivity index is 2.44. The van der Waals surface area contributed by atoms with Gasteiger partial charge in [-0.25, -0.2) is 9.18 Å². The van der Waals surface area contributed by atoms with Crippen LogP contribution in [0.3, 0.4) is 0 Å². The minimum atomic E-state index is -1.48. The van der Waals surface area contributed by atoms with Gasteiger partial charge >= 0.3 is 6.09 Å². The van der Waals surface area contributed by atoms with E-state index in [0.29, 0.717) is 12.8 Å². The molecule has 2 saturated heterocycles. The van der Waals surface area contributed by atoms with E-state index in [0.717, 1.165) is 0 Å². The van der Waals surface area contributed by atoms with Gasteiger partial charge in [-0.05, 0) is 33.1 Å². The predicted octanol–water partition coefficient (Wildman–Crippen LogP) is 1.38. The summed E-state index contributed by atoms with van der Waals surface area (Å²) in [7, 11) is 0. The molecule has 0 saturated carbocycles. The van der Waals surface area contributed by atoms with Crippen molar-refractivity contribution in [3.05, 3.63) is 0 Å². The zero-order chi connectivity index (χ0) is 11.4. The number of alkyl halides is 1. The van der Waals surface area contributed by atoms with E-state index in [1.165, 1.54) is 4.90 Å². The highest BCUT2D eigenvalue weighted by Gasteiger charge is 2.62. The third kappa shape index (κ3) is 1.19. The third-order valence-corrected chi connectivity index (χ3v) is 3.99. The quantitative estimate of drug-likeness (QED) is 0.644. The molecule has 0 spiro atoms. The van der Waals surface area contributed by atoms with Crippen molar-refractivity contribution in [3.63, 3.8) is 0 Å². The maximum atomic E-state index is 13.9. The third-order valence-electron chi connectivity index (χ3n) is 3.99. The molecule has 15 heavy (non-hydrogen) atoms. The summed E-state index contributed by atoms with van der Waals surface area (Å²) in [5.41, 5.74) is -1.67. The minimum Gasteiger partial charge on any atom is -0.465 e. The summed E-state index contributed by atoms with van der Waals surface area (Å²) in [6.07, 6.45) is -2.33. The average Bonchev–Trinajstić information content (AvgIpc) is 2.33. The number of aliphatic hydroxyl groups excluding tert-OH is 1. The molecule has 2 rings (SSSR count). The number of carboxylic acid groups (broad SMARTS) is 1. The molecule has 2 bridgehead atoms. The molecule has 0 radical (unpaired) electrons. The van der Waals surface area contributed by atoms with Gasteiger partial charge in [0.15, 0.2) is 0 Å². The molecule has 2 aliphatic heterocycles. The molecule has 2 N–H and O–H groups in total. The van der Waals surface area contributed by atoms with Gasteiger partial charge in [-0.15, -0.1) is 0 Å². The van der Waals surface area contributed by atoms with E-state index in [1.807, 2.05) is 0 Å². The van der Waals surface area contributed by atoms with Crippen molar-refractivity contribution in [2.24, 2.45) is 0 Å². The molecule has 0 aliphatic carbocycles. The van der Waals surface area contributed by atoms with Gasteiger partial charge in [0.25, 0.3) is 0 Å². The topological polar surface area (TPSA) is 60.8 Å². The Hall–Kier alpha value is -0.840. The van der Waals surface area contributed by atoms with E-state index in [1.54, 1.807) is 13.8 Å². The van der Waals surface area contributed by atoms with Crippen molar-refractivity contribution >= 4 is 6.09 Å². The number of aliphatic hydroxyl groups is 1. The number of piperidine rings is 1. The lowest BCUT2D eigenvalue weighted by molar-refractivity contribution is -0.0938. The van der Waals surface area contributed by atoms with Crippen molar-refractivity contribution in [2.45, 2.75) is 56.5 Å². The highest BCUT2D eigenvalue weighted by molar-refractivity contribution is 5.68. The Morgan fingerprint density at radius 2 is 2.07 bits per heavy atom. The largest absolute Gasteiger partial charge is 0.465 e. The highest BCUT2D eigenvalue weighted by atomic mass is 19.1. The summed E-state index contributed by atoms with van der Waals surface area (Å²) in [5, 5.41) is 18.7. The number of halogens is 1. The Morgan fingerprint density at radius 1 is 1.47 bits per heavy atom. The maximum absolute atomic E-state index is 13.9. The first-order valence-electron chi connectivity index (χ1n) is 5.17. The van der Waals surface area contributed by atoms with Crippen LogP contribution in [0, 0.1) is 0 Å². The molecular weight excluding hydrogens is 201 g/mol. The molecule has 0 aromatic rings. The molecule has 0 unspecified atom stereocenters. The molecule has 5 heteroatoms. The van der Waals surface area contributed by atoms with Crippen molar-refractivity contribution in [1.82, 2.24) is 4.90 Å². The van der Waals surface area contributed by atoms with Gasteiger partial charge in [0.1, 0.15) is 6.17 Å². The number of carbonyl (C=O) groups is 1. The Kier molecular flexibility index (Phi) is 2.02. The number of hydrogen-bond acceptors (Lipinski definition) is 2. The van der Waals surface area contributed by atoms with E-state index in [2.05, 4.69) is 0 Å². The second kappa shape index (κ2) is 2.84. The number of nitrogens with zero attached hydrogens (tertiary/aromatic N) is 1. The standard InChI is InChI=1S/C10H16FNO3/c1-9-3-4-10(2,12(9)8(14)15)7(11)6(13)5-9/h6-7,13H,3-5H2,1-2H3,(H,14,15)/t6-,7-,9-,10+/m1/s1. The first-order valence-corrected chi connectivity index (χ1v) is 5.17. The second-order valence-electron chi connectivity index (χ2n) is 5.15. The molecule has 4 nitrogen and oxygen atoms in total. The van der Waals surface area contributed by atoms with Gasteiger partial charge in [-0.2, -0.15) is 0 Å². The maximum Gasteiger partial charge on any atom is 0.408 e. The second-order valence-corrected chi connectivity index (χ2v) is 5.15. The summed E-state index contributed by atoms with van der Waals surface area (Å²) in [5.74, 6) is 0. The molecule has 2 fully saturated rings. The fourth-order valence-electron chi connectivity index (χ4n) is 3.24. The summed E-state index contributed by atoms with van der Waals surface area (Å²) < 4.78 is 13.9. The van der Waals surface area contributed by atoms with E-state index in [9.17, 15) is 14.3 Å². The average molecular weight is 217 g/mol. The highest BCUT2D eigenvalue weighted by Crippen LogP contribution is 2.51. The van der Waals surface area contributed by atoms with Crippen LogP contribution >= 0.6 is 0 Å². The first kappa shape index (κ1) is 10.7. The van der Waals surface area contributed by atoms with Gasteiger partial charge in [0.2, 0.25) is 0 Å². The van der Waals surface area contributed by atoms with Gasteiger partial charge in [-0.1, -0.05) is 0 Å². The van der Waals surface area contributed by atoms with Crippen LogP contribution in [-0.4, -0.2) is 44.6 Å². The van der Waals surface area contributed by atoms with Gasteiger partial charge in [0, 0.05) is 5.54 Å². The van der Waals surface area contributed by atoms with E-state index in [4.69, 9.17) is 5.11 Å². The van der Waals surface area contributed by atoms with E-state index in [-0.39, 0.29) is 6.42 Å². The molecule has 86 valence electrons. The number of amides is 1. The smallest absolute Gasteiger partial charge is 0.408 e. The van der Waals surface area contributed by atoms with Crippen LogP contribution in [0.5, 0.6) is 0 Å². The van der Waals surface area contributed by atoms with Crippen LogP contribution in [0.4, 0.5) is 9.18 Å². The molecule has 1 amide bonds. The molecule has 2 heterocycles. The fraction of sp³-hybridized carbons (Fsp3) is 0.900. The Morgan fingerprint density at radius 3 is 2.60 bits per heavy atom. The molecule has 0 aromatic carbocycles. The lowest BCUT2D eigenvalue weighted by atomic mass is 9.82. The van der Waals surface area contributed by atoms with Crippen molar-refractivity contribution in [2.75, 3.05) is 0 Å². The van der Waals surface area contributed by atoms with Crippen LogP contribution in [0.15, 0.2) is 0 Å². The molecule has 2 aliphatic rings. The van der Waals surface area contributed by atoms with Crippen LogP contribution < -0.4 is 0 Å². The number of rotatable bonds is 0. The Labute approximate surface area is 87.7 Å². The molecular formula is C10H16FNO3. The Bertz CT molecular complexity index is 311. The van der Waals surface area contributed by atoms with Gasteiger partial charge < -0.3 is 10.2 Å². The zero-order valence-electron chi connectivity index (χ0n) is 8.90. The molecule has 0 aromatic heterocycles. The van der Waals surface area contributed by atoms with Gasteiger partial charge in [0.05, 0.1) is 11.6 Å². The van der Waals surface area contributed by atoms with E-state index < -0.39 is 29.4 Å². The van der Waals surface area contributed by atoms with Gasteiger partial charge in [-0.3, -0.25) is 4.90 Å². The van der Waals surface area contributed by atoms with Crippen LogP contribution in [0.1, 0.15) is 33.1 Å². The summed E-state index contributed by atoms with van der Waals surface area (Å²) in [6, 6.07) is 0.